The van der Waals surface area contributed by atoms with Gasteiger partial charge in [-0.2, -0.15) is 0 Å². The van der Waals surface area contributed by atoms with Gasteiger partial charge in [-0.15, -0.1) is 0 Å². The Hall–Kier alpha value is -1.86. The number of carbonyl (C=O) groups is 1. The normalized spacial score (nSPS) is 11.9. The first kappa shape index (κ1) is 16.2. The predicted octanol–water partition coefficient (Wildman–Crippen LogP) is 2.08. The Morgan fingerprint density at radius 2 is 2.30 bits per heavy atom. The molecule has 7 nitrogen and oxygen atoms in total. The highest BCUT2D eigenvalue weighted by Gasteiger charge is 2.16. The maximum Gasteiger partial charge on any atom is 0.320 e. The van der Waals surface area contributed by atoms with Crippen molar-refractivity contribution in [2.75, 3.05) is 13.2 Å². The molecule has 0 radical (unpaired) electrons. The van der Waals surface area contributed by atoms with Gasteiger partial charge in [0.1, 0.15) is 16.8 Å². The van der Waals surface area contributed by atoms with E-state index in [-0.39, 0.29) is 23.7 Å². The molecule has 1 aromatic rings. The highest BCUT2D eigenvalue weighted by atomic mass is 35.5. The van der Waals surface area contributed by atoms with Crippen molar-refractivity contribution >= 4 is 23.3 Å². The number of benzene rings is 1. The number of nitro groups is 1. The number of halogens is 1. The molecule has 110 valence electrons. The Morgan fingerprint density at radius 1 is 1.60 bits per heavy atom. The van der Waals surface area contributed by atoms with Gasteiger partial charge < -0.3 is 15.2 Å². The van der Waals surface area contributed by atoms with Gasteiger partial charge in [-0.25, -0.2) is 0 Å². The number of nitrogens with zero attached hydrogens (tertiary/aromatic N) is 1. The molecular formula is C12H15ClN2O5. The Kier molecular flexibility index (Phi) is 6.20. The number of ether oxygens (including phenoxy) is 1. The zero-order valence-electron chi connectivity index (χ0n) is 10.8. The first-order chi connectivity index (χ1) is 9.45. The molecule has 1 atom stereocenters. The molecule has 0 heterocycles. The van der Waals surface area contributed by atoms with Crippen LogP contribution in [0, 0.1) is 10.1 Å². The molecule has 8 heteroatoms. The largest absolute Gasteiger partial charge is 0.493 e. The summed E-state index contributed by atoms with van der Waals surface area (Å²) in [6.07, 6.45) is 0.276. The van der Waals surface area contributed by atoms with E-state index in [0.717, 1.165) is 0 Å². The summed E-state index contributed by atoms with van der Waals surface area (Å²) >= 11 is 5.74. The van der Waals surface area contributed by atoms with Crippen LogP contribution in [0.1, 0.15) is 13.3 Å². The zero-order chi connectivity index (χ0) is 15.1. The van der Waals surface area contributed by atoms with E-state index >= 15 is 0 Å². The molecule has 0 aliphatic rings. The number of nitro benzene ring substituents is 1. The van der Waals surface area contributed by atoms with Gasteiger partial charge in [-0.1, -0.05) is 18.5 Å². The minimum absolute atomic E-state index is 0.0195. The molecule has 1 aromatic carbocycles. The summed E-state index contributed by atoms with van der Waals surface area (Å²) in [6, 6.07) is 3.32. The van der Waals surface area contributed by atoms with Gasteiger partial charge >= 0.3 is 5.97 Å². The summed E-state index contributed by atoms with van der Waals surface area (Å²) in [7, 11) is 0. The summed E-state index contributed by atoms with van der Waals surface area (Å²) < 4.78 is 5.34. The summed E-state index contributed by atoms with van der Waals surface area (Å²) in [4.78, 5) is 20.9. The van der Waals surface area contributed by atoms with Crippen LogP contribution in [-0.2, 0) is 4.79 Å². The molecule has 0 saturated heterocycles. The molecule has 1 unspecified atom stereocenters. The predicted molar refractivity (Wildman–Crippen MR) is 73.3 cm³/mol. The van der Waals surface area contributed by atoms with Crippen molar-refractivity contribution in [1.29, 1.82) is 0 Å². The van der Waals surface area contributed by atoms with Gasteiger partial charge in [-0.05, 0) is 12.6 Å². The van der Waals surface area contributed by atoms with E-state index in [0.29, 0.717) is 12.3 Å². The molecule has 2 N–H and O–H groups in total. The summed E-state index contributed by atoms with van der Waals surface area (Å²) in [5.74, 6) is -0.585. The molecule has 20 heavy (non-hydrogen) atoms. The lowest BCUT2D eigenvalue weighted by atomic mass is 10.2. The summed E-state index contributed by atoms with van der Waals surface area (Å²) in [5.41, 5.74) is -0.199. The average molecular weight is 303 g/mol. The van der Waals surface area contributed by atoms with Crippen molar-refractivity contribution < 1.29 is 19.6 Å². The molecule has 0 fully saturated rings. The summed E-state index contributed by atoms with van der Waals surface area (Å²) in [6.45, 7) is 2.52. The van der Waals surface area contributed by atoms with Crippen molar-refractivity contribution in [3.05, 3.63) is 33.3 Å². The molecule has 0 bridgehead atoms. The van der Waals surface area contributed by atoms with E-state index in [1.165, 1.54) is 18.2 Å². The molecule has 0 spiro atoms. The maximum absolute atomic E-state index is 10.9. The van der Waals surface area contributed by atoms with E-state index in [9.17, 15) is 14.9 Å². The molecule has 0 aromatic heterocycles. The second-order valence-corrected chi connectivity index (χ2v) is 4.36. The van der Waals surface area contributed by atoms with Crippen molar-refractivity contribution in [2.24, 2.45) is 0 Å². The van der Waals surface area contributed by atoms with Gasteiger partial charge in [0.25, 0.3) is 5.69 Å². The minimum atomic E-state index is -0.947. The standard InChI is InChI=1S/C12H15ClN2O5/c1-2-14-10(12(16)17)5-6-20-8-3-4-11(15(18)19)9(13)7-8/h3-4,7,10,14H,2,5-6H2,1H3,(H,16,17). The molecule has 0 amide bonds. The SMILES string of the molecule is CCNC(CCOc1ccc([N+](=O)[O-])c(Cl)c1)C(=O)O. The number of nitrogens with one attached hydrogen (secondary N) is 1. The van der Waals surface area contributed by atoms with Gasteiger partial charge in [0.05, 0.1) is 11.5 Å². The number of carboxylic acids is 1. The van der Waals surface area contributed by atoms with Crippen molar-refractivity contribution in [3.63, 3.8) is 0 Å². The van der Waals surface area contributed by atoms with Crippen LogP contribution < -0.4 is 10.1 Å². The van der Waals surface area contributed by atoms with E-state index in [1.54, 1.807) is 0 Å². The van der Waals surface area contributed by atoms with E-state index in [2.05, 4.69) is 5.32 Å². The molecule has 0 aliphatic carbocycles. The Balaban J connectivity index is 2.55. The van der Waals surface area contributed by atoms with Crippen LogP contribution in [0.4, 0.5) is 5.69 Å². The fraction of sp³-hybridized carbons (Fsp3) is 0.417. The number of aliphatic carboxylic acids is 1. The first-order valence-electron chi connectivity index (χ1n) is 5.98. The number of hydrogen-bond acceptors (Lipinski definition) is 5. The van der Waals surface area contributed by atoms with E-state index < -0.39 is 16.9 Å². The number of likely N-dealkylation sites (N-methyl/N-ethyl adjacent to an activating group) is 1. The Labute approximate surface area is 120 Å². The lowest BCUT2D eigenvalue weighted by Crippen LogP contribution is -2.37. The van der Waals surface area contributed by atoms with E-state index in [4.69, 9.17) is 21.4 Å². The number of rotatable bonds is 8. The van der Waals surface area contributed by atoms with Crippen LogP contribution in [0.5, 0.6) is 5.75 Å². The maximum atomic E-state index is 10.9. The van der Waals surface area contributed by atoms with Crippen LogP contribution in [-0.4, -0.2) is 35.2 Å². The van der Waals surface area contributed by atoms with Crippen LogP contribution in [0.3, 0.4) is 0 Å². The lowest BCUT2D eigenvalue weighted by Gasteiger charge is -2.13. The average Bonchev–Trinajstić information content (AvgIpc) is 2.37. The van der Waals surface area contributed by atoms with E-state index in [1.807, 2.05) is 6.92 Å². The summed E-state index contributed by atoms with van der Waals surface area (Å²) in [5, 5.41) is 22.3. The third-order valence-corrected chi connectivity index (χ3v) is 2.84. The fourth-order valence-electron chi connectivity index (χ4n) is 1.58. The number of carboxylic acid groups (broad SMARTS) is 1. The van der Waals surface area contributed by atoms with Crippen LogP contribution >= 0.6 is 11.6 Å². The minimum Gasteiger partial charge on any atom is -0.493 e. The van der Waals surface area contributed by atoms with Crippen LogP contribution in [0.15, 0.2) is 18.2 Å². The lowest BCUT2D eigenvalue weighted by molar-refractivity contribution is -0.384. The van der Waals surface area contributed by atoms with Crippen molar-refractivity contribution in [2.45, 2.75) is 19.4 Å². The van der Waals surface area contributed by atoms with Crippen LogP contribution in [0.25, 0.3) is 0 Å². The quantitative estimate of drug-likeness (QED) is 0.563. The first-order valence-corrected chi connectivity index (χ1v) is 6.36. The van der Waals surface area contributed by atoms with Crippen molar-refractivity contribution in [3.8, 4) is 5.75 Å². The Morgan fingerprint density at radius 3 is 2.80 bits per heavy atom. The monoisotopic (exact) mass is 302 g/mol. The van der Waals surface area contributed by atoms with Crippen LogP contribution in [0.2, 0.25) is 5.02 Å². The molecule has 0 saturated carbocycles. The molecular weight excluding hydrogens is 288 g/mol. The van der Waals surface area contributed by atoms with Gasteiger partial charge in [0.15, 0.2) is 0 Å². The fourth-order valence-corrected chi connectivity index (χ4v) is 1.82. The highest BCUT2D eigenvalue weighted by Crippen LogP contribution is 2.28. The Bertz CT molecular complexity index is 495. The van der Waals surface area contributed by atoms with Crippen molar-refractivity contribution in [1.82, 2.24) is 5.32 Å². The second-order valence-electron chi connectivity index (χ2n) is 3.96. The third-order valence-electron chi connectivity index (χ3n) is 2.54. The topological polar surface area (TPSA) is 102 Å². The molecule has 0 aliphatic heterocycles. The third kappa shape index (κ3) is 4.67. The second kappa shape index (κ2) is 7.66. The smallest absolute Gasteiger partial charge is 0.320 e. The highest BCUT2D eigenvalue weighted by molar-refractivity contribution is 6.32. The van der Waals surface area contributed by atoms with Gasteiger partial charge in [-0.3, -0.25) is 14.9 Å². The zero-order valence-corrected chi connectivity index (χ0v) is 11.6. The number of hydrogen-bond donors (Lipinski definition) is 2. The van der Waals surface area contributed by atoms with Gasteiger partial charge in [0, 0.05) is 18.6 Å². The van der Waals surface area contributed by atoms with Gasteiger partial charge in [0.2, 0.25) is 0 Å². The molecule has 1 rings (SSSR count).